The van der Waals surface area contributed by atoms with Crippen LogP contribution in [0.4, 0.5) is 10.7 Å². The predicted octanol–water partition coefficient (Wildman–Crippen LogP) is 6.48. The van der Waals surface area contributed by atoms with E-state index in [1.807, 2.05) is 43.5 Å². The van der Waals surface area contributed by atoms with Gasteiger partial charge in [0.25, 0.3) is 11.8 Å². The van der Waals surface area contributed by atoms with Crippen molar-refractivity contribution in [3.05, 3.63) is 81.9 Å². The van der Waals surface area contributed by atoms with Crippen LogP contribution >= 0.6 is 0 Å². The van der Waals surface area contributed by atoms with Crippen LogP contribution < -0.4 is 20.1 Å². The standard InChI is InChI=1S/C43H57N9O8/c1-10-51-37(40(55)56)32(28(3)48-51)15-12-11-13-22-52-35(23-27(2)47-52)38(53)46-41-45-33-24-29(39(54)49(7)21-14-20-44-42(57)60-43(4,5)6)17-19-34(33)50(41)26-30-16-18-31(58-8)25-36(30)59-9/h16-19,23-25H,10-15,20-22,26H2,1-9H3,(H,44,57)(H,55,56)(H,45,46,53). The number of hydrogen-bond donors (Lipinski definition) is 3. The number of amides is 3. The van der Waals surface area contributed by atoms with E-state index in [1.165, 1.54) is 4.68 Å². The van der Waals surface area contributed by atoms with Crippen LogP contribution in [0, 0.1) is 13.8 Å². The Labute approximate surface area is 350 Å². The summed E-state index contributed by atoms with van der Waals surface area (Å²) < 4.78 is 21.5. The lowest BCUT2D eigenvalue weighted by atomic mass is 10.0. The number of carboxylic acid groups (broad SMARTS) is 1. The van der Waals surface area contributed by atoms with Gasteiger partial charge in [0.15, 0.2) is 0 Å². The third-order valence-corrected chi connectivity index (χ3v) is 9.91. The first-order valence-corrected chi connectivity index (χ1v) is 20.1. The summed E-state index contributed by atoms with van der Waals surface area (Å²) in [5.74, 6) is -0.125. The van der Waals surface area contributed by atoms with Crippen molar-refractivity contribution >= 4 is 40.9 Å². The molecule has 0 saturated heterocycles. The number of ether oxygens (including phenoxy) is 3. The average molecular weight is 828 g/mol. The number of fused-ring (bicyclic) bond motifs is 1. The molecule has 0 saturated carbocycles. The molecule has 322 valence electrons. The first-order valence-electron chi connectivity index (χ1n) is 20.1. The topological polar surface area (TPSA) is 197 Å². The number of carboxylic acids is 1. The first-order chi connectivity index (χ1) is 28.5. The van der Waals surface area contributed by atoms with Crippen LogP contribution in [0.3, 0.4) is 0 Å². The lowest BCUT2D eigenvalue weighted by Gasteiger charge is -2.20. The molecular weight excluding hydrogens is 771 g/mol. The third-order valence-electron chi connectivity index (χ3n) is 9.91. The number of hydrogen-bond acceptors (Lipinski definition) is 10. The normalized spacial score (nSPS) is 11.4. The van der Waals surface area contributed by atoms with Crippen molar-refractivity contribution < 1.29 is 38.5 Å². The van der Waals surface area contributed by atoms with Gasteiger partial charge in [-0.15, -0.1) is 0 Å². The average Bonchev–Trinajstić information content (AvgIpc) is 3.86. The van der Waals surface area contributed by atoms with Crippen molar-refractivity contribution in [1.29, 1.82) is 0 Å². The van der Waals surface area contributed by atoms with Crippen molar-refractivity contribution in [3.63, 3.8) is 0 Å². The van der Waals surface area contributed by atoms with Gasteiger partial charge in [0, 0.05) is 56.0 Å². The molecule has 3 aromatic heterocycles. The molecule has 0 aliphatic heterocycles. The van der Waals surface area contributed by atoms with E-state index in [1.54, 1.807) is 75.9 Å². The number of aromatic nitrogens is 6. The quantitative estimate of drug-likeness (QED) is 0.0771. The first kappa shape index (κ1) is 44.7. The fourth-order valence-electron chi connectivity index (χ4n) is 7.00. The summed E-state index contributed by atoms with van der Waals surface area (Å²) >= 11 is 0. The Balaban J connectivity index is 1.33. The summed E-state index contributed by atoms with van der Waals surface area (Å²) in [7, 11) is 4.85. The molecule has 5 rings (SSSR count). The number of anilines is 1. The molecule has 17 heteroatoms. The number of unbranched alkanes of at least 4 members (excludes halogenated alkanes) is 2. The number of benzene rings is 2. The summed E-state index contributed by atoms with van der Waals surface area (Å²) in [6.07, 6.45) is 2.85. The largest absolute Gasteiger partial charge is 0.497 e. The Morgan fingerprint density at radius 3 is 2.37 bits per heavy atom. The lowest BCUT2D eigenvalue weighted by molar-refractivity contribution is 0.0525. The van der Waals surface area contributed by atoms with Crippen LogP contribution in [0.25, 0.3) is 11.0 Å². The van der Waals surface area contributed by atoms with Crippen LogP contribution in [-0.2, 0) is 30.8 Å². The highest BCUT2D eigenvalue weighted by Crippen LogP contribution is 2.29. The fraction of sp³-hybridized carbons (Fsp3) is 0.465. The van der Waals surface area contributed by atoms with E-state index in [9.17, 15) is 24.3 Å². The van der Waals surface area contributed by atoms with Crippen LogP contribution in [0.1, 0.15) is 107 Å². The van der Waals surface area contributed by atoms with Gasteiger partial charge in [-0.05, 0) is 104 Å². The van der Waals surface area contributed by atoms with Gasteiger partial charge < -0.3 is 34.1 Å². The molecule has 60 heavy (non-hydrogen) atoms. The van der Waals surface area contributed by atoms with E-state index in [0.717, 1.165) is 29.7 Å². The van der Waals surface area contributed by atoms with Gasteiger partial charge in [-0.1, -0.05) is 6.42 Å². The predicted molar refractivity (Wildman–Crippen MR) is 226 cm³/mol. The zero-order chi connectivity index (χ0) is 43.7. The zero-order valence-corrected chi connectivity index (χ0v) is 36.0. The molecule has 0 fully saturated rings. The van der Waals surface area contributed by atoms with Gasteiger partial charge in [-0.3, -0.25) is 24.3 Å². The molecule has 3 heterocycles. The second kappa shape index (κ2) is 19.6. The molecule has 17 nitrogen and oxygen atoms in total. The summed E-state index contributed by atoms with van der Waals surface area (Å²) in [5.41, 5.74) is 4.56. The number of carbonyl (C=O) groups is 4. The number of rotatable bonds is 19. The minimum absolute atomic E-state index is 0.223. The molecule has 0 aliphatic carbocycles. The monoisotopic (exact) mass is 827 g/mol. The highest BCUT2D eigenvalue weighted by molar-refractivity contribution is 6.03. The molecule has 2 aromatic carbocycles. The van der Waals surface area contributed by atoms with Gasteiger partial charge in [0.1, 0.15) is 28.5 Å². The Kier molecular flexibility index (Phi) is 14.6. The van der Waals surface area contributed by atoms with E-state index in [0.29, 0.717) is 84.9 Å². The van der Waals surface area contributed by atoms with Crippen molar-refractivity contribution in [2.24, 2.45) is 0 Å². The van der Waals surface area contributed by atoms with Crippen LogP contribution in [0.5, 0.6) is 11.5 Å². The summed E-state index contributed by atoms with van der Waals surface area (Å²) in [6, 6.07) is 12.5. The van der Waals surface area contributed by atoms with Crippen LogP contribution in [0.2, 0.25) is 0 Å². The van der Waals surface area contributed by atoms with E-state index in [2.05, 4.69) is 20.8 Å². The lowest BCUT2D eigenvalue weighted by Crippen LogP contribution is -2.35. The minimum Gasteiger partial charge on any atom is -0.497 e. The molecule has 5 aromatic rings. The van der Waals surface area contributed by atoms with Crippen molar-refractivity contribution in [1.82, 2.24) is 39.3 Å². The van der Waals surface area contributed by atoms with Gasteiger partial charge in [-0.2, -0.15) is 10.2 Å². The second-order valence-corrected chi connectivity index (χ2v) is 15.6. The van der Waals surface area contributed by atoms with Crippen LogP contribution in [0.15, 0.2) is 42.5 Å². The maximum atomic E-state index is 14.1. The number of aromatic carboxylic acids is 1. The number of imidazole rings is 1. The Morgan fingerprint density at radius 2 is 1.68 bits per heavy atom. The molecule has 0 radical (unpaired) electrons. The van der Waals surface area contributed by atoms with Gasteiger partial charge in [-0.25, -0.2) is 14.6 Å². The highest BCUT2D eigenvalue weighted by Gasteiger charge is 2.23. The van der Waals surface area contributed by atoms with E-state index in [-0.39, 0.29) is 24.1 Å². The maximum absolute atomic E-state index is 14.1. The summed E-state index contributed by atoms with van der Waals surface area (Å²) in [5, 5.41) is 24.5. The molecule has 0 unspecified atom stereocenters. The highest BCUT2D eigenvalue weighted by atomic mass is 16.6. The summed E-state index contributed by atoms with van der Waals surface area (Å²) in [4.78, 5) is 58.0. The van der Waals surface area contributed by atoms with Gasteiger partial charge >= 0.3 is 12.1 Å². The molecular formula is C43H57N9O8. The number of nitrogens with one attached hydrogen (secondary N) is 2. The number of alkyl carbamates (subject to hydrolysis) is 1. The number of aryl methyl sites for hydroxylation is 4. The third kappa shape index (κ3) is 11.0. The van der Waals surface area contributed by atoms with E-state index < -0.39 is 23.6 Å². The molecule has 0 bridgehead atoms. The smallest absolute Gasteiger partial charge is 0.407 e. The molecule has 0 atom stereocenters. The molecule has 0 spiro atoms. The minimum atomic E-state index is -0.980. The summed E-state index contributed by atoms with van der Waals surface area (Å²) in [6.45, 7) is 12.9. The SMILES string of the molecule is CCn1nc(C)c(CCCCCn2nc(C)cc2C(=O)Nc2nc3cc(C(=O)N(C)CCCNC(=O)OC(C)(C)C)ccc3n2Cc2ccc(OC)cc2OC)c1C(=O)O. The second-order valence-electron chi connectivity index (χ2n) is 15.6. The zero-order valence-electron chi connectivity index (χ0n) is 36.0. The molecule has 0 aliphatic rings. The van der Waals surface area contributed by atoms with Crippen LogP contribution in [-0.4, -0.2) is 103 Å². The number of carbonyl (C=O) groups excluding carboxylic acids is 3. The van der Waals surface area contributed by atoms with Crippen molar-refractivity contribution in [2.75, 3.05) is 39.7 Å². The Bertz CT molecular complexity index is 2340. The van der Waals surface area contributed by atoms with Crippen molar-refractivity contribution in [2.45, 2.75) is 98.9 Å². The van der Waals surface area contributed by atoms with Gasteiger partial charge in [0.05, 0.1) is 43.2 Å². The van der Waals surface area contributed by atoms with E-state index in [4.69, 9.17) is 19.2 Å². The maximum Gasteiger partial charge on any atom is 0.407 e. The Morgan fingerprint density at radius 1 is 0.917 bits per heavy atom. The Hall–Kier alpha value is -6.39. The molecule has 3 amide bonds. The van der Waals surface area contributed by atoms with E-state index >= 15 is 0 Å². The van der Waals surface area contributed by atoms with Crippen molar-refractivity contribution in [3.8, 4) is 11.5 Å². The van der Waals surface area contributed by atoms with Gasteiger partial charge in [0.2, 0.25) is 5.95 Å². The number of nitrogens with zero attached hydrogens (tertiary/aromatic N) is 7. The fourth-order valence-corrected chi connectivity index (χ4v) is 7.00. The number of methoxy groups -OCH3 is 2. The molecule has 3 N–H and O–H groups in total.